The van der Waals surface area contributed by atoms with Gasteiger partial charge in [-0.05, 0) is 37.2 Å². The minimum absolute atomic E-state index is 0.0415. The number of aromatic nitrogens is 2. The summed E-state index contributed by atoms with van der Waals surface area (Å²) in [5.74, 6) is 1.77. The summed E-state index contributed by atoms with van der Waals surface area (Å²) < 4.78 is 5.19. The van der Waals surface area contributed by atoms with E-state index in [1.165, 1.54) is 5.56 Å². The molecule has 2 aliphatic rings. The van der Waals surface area contributed by atoms with Gasteiger partial charge in [0.15, 0.2) is 0 Å². The van der Waals surface area contributed by atoms with Gasteiger partial charge in [0, 0.05) is 37.2 Å². The highest BCUT2D eigenvalue weighted by Gasteiger charge is 2.31. The molecular weight excluding hydrogens is 330 g/mol. The third kappa shape index (κ3) is 3.35. The van der Waals surface area contributed by atoms with Gasteiger partial charge < -0.3 is 20.3 Å². The Bertz CT molecular complexity index is 793. The molecule has 136 valence electrons. The predicted octanol–water partition coefficient (Wildman–Crippen LogP) is 1.39. The van der Waals surface area contributed by atoms with Gasteiger partial charge in [0.05, 0.1) is 18.8 Å². The van der Waals surface area contributed by atoms with Crippen molar-refractivity contribution in [2.24, 2.45) is 0 Å². The molecule has 4 rings (SSSR count). The SMILES string of the molecule is COc1ccc(N2C[C@@H](Nc3ncnc4c3CCNCC4)CC2=O)cc1. The molecule has 0 unspecified atom stereocenters. The van der Waals surface area contributed by atoms with Crippen LogP contribution in [0.5, 0.6) is 5.75 Å². The molecule has 1 aromatic heterocycles. The zero-order chi connectivity index (χ0) is 17.9. The van der Waals surface area contributed by atoms with Crippen LogP contribution in [0.3, 0.4) is 0 Å². The fourth-order valence-electron chi connectivity index (χ4n) is 3.61. The minimum Gasteiger partial charge on any atom is -0.497 e. The van der Waals surface area contributed by atoms with Gasteiger partial charge in [-0.25, -0.2) is 9.97 Å². The van der Waals surface area contributed by atoms with E-state index in [1.54, 1.807) is 13.4 Å². The van der Waals surface area contributed by atoms with Crippen molar-refractivity contribution in [3.8, 4) is 5.75 Å². The number of carbonyl (C=O) groups is 1. The second kappa shape index (κ2) is 7.29. The molecule has 7 heteroatoms. The Morgan fingerprint density at radius 1 is 1.19 bits per heavy atom. The maximum absolute atomic E-state index is 12.5. The van der Waals surface area contributed by atoms with Crippen molar-refractivity contribution in [2.45, 2.75) is 25.3 Å². The van der Waals surface area contributed by atoms with Crippen LogP contribution in [0.2, 0.25) is 0 Å². The van der Waals surface area contributed by atoms with Crippen molar-refractivity contribution in [3.05, 3.63) is 41.9 Å². The van der Waals surface area contributed by atoms with Crippen molar-refractivity contribution in [2.75, 3.05) is 37.0 Å². The van der Waals surface area contributed by atoms with Gasteiger partial charge in [0.1, 0.15) is 17.9 Å². The fourth-order valence-corrected chi connectivity index (χ4v) is 3.61. The molecule has 2 aliphatic heterocycles. The third-order valence-electron chi connectivity index (χ3n) is 4.97. The molecule has 0 aliphatic carbocycles. The Morgan fingerprint density at radius 3 is 2.81 bits per heavy atom. The number of anilines is 2. The van der Waals surface area contributed by atoms with Crippen LogP contribution in [0.1, 0.15) is 17.7 Å². The van der Waals surface area contributed by atoms with Gasteiger partial charge in [-0.1, -0.05) is 0 Å². The van der Waals surface area contributed by atoms with Crippen LogP contribution >= 0.6 is 0 Å². The summed E-state index contributed by atoms with van der Waals surface area (Å²) in [6.45, 7) is 2.50. The Kier molecular flexibility index (Phi) is 4.71. The monoisotopic (exact) mass is 353 g/mol. The van der Waals surface area contributed by atoms with Crippen LogP contribution in [-0.4, -0.2) is 48.7 Å². The normalized spacial score (nSPS) is 19.8. The summed E-state index contributed by atoms with van der Waals surface area (Å²) in [5, 5.41) is 6.88. The molecular formula is C19H23N5O2. The van der Waals surface area contributed by atoms with Crippen molar-refractivity contribution in [1.82, 2.24) is 15.3 Å². The lowest BCUT2D eigenvalue weighted by molar-refractivity contribution is -0.117. The Hall–Kier alpha value is -2.67. The van der Waals surface area contributed by atoms with E-state index in [9.17, 15) is 4.79 Å². The van der Waals surface area contributed by atoms with Gasteiger partial charge >= 0.3 is 0 Å². The second-order valence-electron chi connectivity index (χ2n) is 6.65. The number of hydrogen-bond donors (Lipinski definition) is 2. The first kappa shape index (κ1) is 16.8. The predicted molar refractivity (Wildman–Crippen MR) is 99.7 cm³/mol. The summed E-state index contributed by atoms with van der Waals surface area (Å²) in [7, 11) is 1.64. The third-order valence-corrected chi connectivity index (χ3v) is 4.97. The summed E-state index contributed by atoms with van der Waals surface area (Å²) in [5.41, 5.74) is 3.17. The number of amides is 1. The molecule has 2 N–H and O–H groups in total. The number of hydrogen-bond acceptors (Lipinski definition) is 6. The topological polar surface area (TPSA) is 79.4 Å². The van der Waals surface area contributed by atoms with Crippen molar-refractivity contribution in [1.29, 1.82) is 0 Å². The Labute approximate surface area is 152 Å². The first-order valence-electron chi connectivity index (χ1n) is 8.99. The van der Waals surface area contributed by atoms with E-state index in [-0.39, 0.29) is 11.9 Å². The number of carbonyl (C=O) groups excluding carboxylic acids is 1. The van der Waals surface area contributed by atoms with E-state index in [2.05, 4.69) is 20.6 Å². The molecule has 26 heavy (non-hydrogen) atoms. The van der Waals surface area contributed by atoms with Crippen LogP contribution in [0.4, 0.5) is 11.5 Å². The van der Waals surface area contributed by atoms with Crippen molar-refractivity contribution >= 4 is 17.4 Å². The fraction of sp³-hybridized carbons (Fsp3) is 0.421. The Balaban J connectivity index is 1.49. The molecule has 0 bridgehead atoms. The van der Waals surface area contributed by atoms with Gasteiger partial charge in [-0.2, -0.15) is 0 Å². The molecule has 1 saturated heterocycles. The number of nitrogens with zero attached hydrogens (tertiary/aromatic N) is 3. The molecule has 7 nitrogen and oxygen atoms in total. The maximum atomic E-state index is 12.5. The molecule has 1 amide bonds. The average Bonchev–Trinajstić information content (AvgIpc) is 2.87. The zero-order valence-corrected chi connectivity index (χ0v) is 14.9. The van der Waals surface area contributed by atoms with E-state index in [1.807, 2.05) is 29.2 Å². The number of ether oxygens (including phenoxy) is 1. The second-order valence-corrected chi connectivity index (χ2v) is 6.65. The summed E-state index contributed by atoms with van der Waals surface area (Å²) in [4.78, 5) is 23.2. The average molecular weight is 353 g/mol. The van der Waals surface area contributed by atoms with E-state index in [0.29, 0.717) is 13.0 Å². The van der Waals surface area contributed by atoms with E-state index < -0.39 is 0 Å². The number of methoxy groups -OCH3 is 1. The van der Waals surface area contributed by atoms with Gasteiger partial charge in [-0.15, -0.1) is 0 Å². The van der Waals surface area contributed by atoms with Gasteiger partial charge in [0.25, 0.3) is 0 Å². The number of fused-ring (bicyclic) bond motifs is 1. The molecule has 0 radical (unpaired) electrons. The van der Waals surface area contributed by atoms with Crippen molar-refractivity contribution < 1.29 is 9.53 Å². The lowest BCUT2D eigenvalue weighted by Gasteiger charge is -2.19. The highest BCUT2D eigenvalue weighted by Crippen LogP contribution is 2.26. The van der Waals surface area contributed by atoms with Gasteiger partial charge in [-0.3, -0.25) is 4.79 Å². The molecule has 0 spiro atoms. The first-order chi connectivity index (χ1) is 12.7. The summed E-state index contributed by atoms with van der Waals surface area (Å²) >= 11 is 0. The molecule has 1 aromatic carbocycles. The number of rotatable bonds is 4. The highest BCUT2D eigenvalue weighted by atomic mass is 16.5. The number of nitrogens with one attached hydrogen (secondary N) is 2. The standard InChI is InChI=1S/C19H23N5O2/c1-26-15-4-2-14(3-5-15)24-11-13(10-18(24)25)23-19-16-6-8-20-9-7-17(16)21-12-22-19/h2-5,12-13,20H,6-11H2,1H3,(H,21,22,23)/t13-/m0/s1. The molecule has 1 fully saturated rings. The van der Waals surface area contributed by atoms with Crippen LogP contribution < -0.4 is 20.3 Å². The largest absolute Gasteiger partial charge is 0.497 e. The lowest BCUT2D eigenvalue weighted by Crippen LogP contribution is -2.28. The smallest absolute Gasteiger partial charge is 0.229 e. The lowest BCUT2D eigenvalue weighted by atomic mass is 10.1. The summed E-state index contributed by atoms with van der Waals surface area (Å²) in [6, 6.07) is 7.63. The van der Waals surface area contributed by atoms with E-state index >= 15 is 0 Å². The first-order valence-corrected chi connectivity index (χ1v) is 8.99. The summed E-state index contributed by atoms with van der Waals surface area (Å²) in [6.07, 6.45) is 3.89. The zero-order valence-electron chi connectivity index (χ0n) is 14.9. The van der Waals surface area contributed by atoms with Crippen molar-refractivity contribution in [3.63, 3.8) is 0 Å². The molecule has 0 saturated carbocycles. The molecule has 1 atom stereocenters. The highest BCUT2D eigenvalue weighted by molar-refractivity contribution is 5.96. The minimum atomic E-state index is 0.0415. The van der Waals surface area contributed by atoms with E-state index in [0.717, 1.165) is 48.9 Å². The number of benzene rings is 1. The van der Waals surface area contributed by atoms with Crippen LogP contribution in [0, 0.1) is 0 Å². The molecule has 3 heterocycles. The van der Waals surface area contributed by atoms with Gasteiger partial charge in [0.2, 0.25) is 5.91 Å². The van der Waals surface area contributed by atoms with Crippen LogP contribution in [0.15, 0.2) is 30.6 Å². The van der Waals surface area contributed by atoms with Crippen LogP contribution in [-0.2, 0) is 17.6 Å². The maximum Gasteiger partial charge on any atom is 0.229 e. The Morgan fingerprint density at radius 2 is 2.00 bits per heavy atom. The quantitative estimate of drug-likeness (QED) is 0.865. The molecule has 2 aromatic rings. The van der Waals surface area contributed by atoms with Crippen LogP contribution in [0.25, 0.3) is 0 Å². The van der Waals surface area contributed by atoms with E-state index in [4.69, 9.17) is 4.74 Å².